The van der Waals surface area contributed by atoms with Crippen LogP contribution in [-0.4, -0.2) is 21.3 Å². The molecule has 0 saturated carbocycles. The lowest BCUT2D eigenvalue weighted by atomic mass is 10.0. The van der Waals surface area contributed by atoms with Gasteiger partial charge in [-0.3, -0.25) is 0 Å². The lowest BCUT2D eigenvalue weighted by Crippen LogP contribution is -2.34. The average molecular weight is 257 g/mol. The summed E-state index contributed by atoms with van der Waals surface area (Å²) in [5.74, 6) is 1.02. The van der Waals surface area contributed by atoms with Gasteiger partial charge < -0.3 is 15.2 Å². The lowest BCUT2D eigenvalue weighted by molar-refractivity contribution is 0.556. The van der Waals surface area contributed by atoms with Gasteiger partial charge in [-0.15, -0.1) is 10.2 Å². The Morgan fingerprint density at radius 1 is 1.32 bits per heavy atom. The lowest BCUT2D eigenvalue weighted by Gasteiger charge is -2.31. The van der Waals surface area contributed by atoms with Gasteiger partial charge >= 0.3 is 0 Å². The van der Waals surface area contributed by atoms with Crippen molar-refractivity contribution in [2.75, 3.05) is 11.4 Å². The van der Waals surface area contributed by atoms with Crippen LogP contribution in [0.5, 0.6) is 0 Å². The highest BCUT2D eigenvalue weighted by Gasteiger charge is 2.20. The molecule has 5 heteroatoms. The molecule has 2 N–H and O–H groups in total. The minimum absolute atomic E-state index is 0.0935. The maximum Gasteiger partial charge on any atom is 0.152 e. The number of nitrogens with zero attached hydrogens (tertiary/aromatic N) is 4. The molecule has 2 aromatic rings. The summed E-state index contributed by atoms with van der Waals surface area (Å²) in [5.41, 5.74) is 8.66. The number of anilines is 1. The summed E-state index contributed by atoms with van der Waals surface area (Å²) in [5, 5.41) is 8.13. The van der Waals surface area contributed by atoms with E-state index in [1.165, 1.54) is 11.3 Å². The highest BCUT2D eigenvalue weighted by Crippen LogP contribution is 2.28. The Morgan fingerprint density at radius 2 is 2.16 bits per heavy atom. The van der Waals surface area contributed by atoms with Crippen molar-refractivity contribution in [1.29, 1.82) is 0 Å². The zero-order chi connectivity index (χ0) is 13.2. The van der Waals surface area contributed by atoms with Crippen LogP contribution in [0.1, 0.15) is 30.8 Å². The number of nitrogens with two attached hydrogens (primary N) is 1. The van der Waals surface area contributed by atoms with Gasteiger partial charge in [-0.05, 0) is 18.1 Å². The summed E-state index contributed by atoms with van der Waals surface area (Å²) >= 11 is 0. The van der Waals surface area contributed by atoms with E-state index in [-0.39, 0.29) is 6.04 Å². The standard InChI is InChI=1S/C14H19N5/c1-2-12(15)11-5-3-4-6-13(11)18-7-8-19-10-16-17-14(19)9-18/h3-6,10,12H,2,7-9,15H2,1H3. The zero-order valence-corrected chi connectivity index (χ0v) is 11.2. The minimum atomic E-state index is 0.0935. The maximum absolute atomic E-state index is 6.22. The Labute approximate surface area is 113 Å². The number of benzene rings is 1. The highest BCUT2D eigenvalue weighted by molar-refractivity contribution is 5.55. The fraction of sp³-hybridized carbons (Fsp3) is 0.429. The van der Waals surface area contributed by atoms with E-state index in [1.807, 2.05) is 0 Å². The van der Waals surface area contributed by atoms with E-state index >= 15 is 0 Å². The van der Waals surface area contributed by atoms with Crippen LogP contribution in [0.4, 0.5) is 5.69 Å². The van der Waals surface area contributed by atoms with Crippen molar-refractivity contribution in [2.24, 2.45) is 5.73 Å². The molecular weight excluding hydrogens is 238 g/mol. The molecule has 1 aliphatic heterocycles. The second-order valence-corrected chi connectivity index (χ2v) is 4.94. The summed E-state index contributed by atoms with van der Waals surface area (Å²) in [6.07, 6.45) is 2.75. The summed E-state index contributed by atoms with van der Waals surface area (Å²) in [6.45, 7) is 4.82. The monoisotopic (exact) mass is 257 g/mol. The van der Waals surface area contributed by atoms with Crippen LogP contribution >= 0.6 is 0 Å². The quantitative estimate of drug-likeness (QED) is 0.909. The van der Waals surface area contributed by atoms with Crippen molar-refractivity contribution < 1.29 is 0 Å². The Balaban J connectivity index is 1.91. The fourth-order valence-corrected chi connectivity index (χ4v) is 2.58. The van der Waals surface area contributed by atoms with Gasteiger partial charge in [0.05, 0.1) is 6.54 Å². The second-order valence-electron chi connectivity index (χ2n) is 4.94. The van der Waals surface area contributed by atoms with Gasteiger partial charge in [0.15, 0.2) is 5.82 Å². The van der Waals surface area contributed by atoms with Crippen LogP contribution in [0.3, 0.4) is 0 Å². The molecule has 100 valence electrons. The molecule has 1 aliphatic rings. The SMILES string of the molecule is CCC(N)c1ccccc1N1CCn2cnnc2C1. The first-order chi connectivity index (χ1) is 9.29. The van der Waals surface area contributed by atoms with E-state index in [2.05, 4.69) is 50.9 Å². The first-order valence-corrected chi connectivity index (χ1v) is 6.75. The molecule has 0 amide bonds. The van der Waals surface area contributed by atoms with Gasteiger partial charge in [-0.2, -0.15) is 0 Å². The molecule has 5 nitrogen and oxygen atoms in total. The van der Waals surface area contributed by atoms with Crippen LogP contribution in [0, 0.1) is 0 Å². The van der Waals surface area contributed by atoms with Crippen molar-refractivity contribution in [3.8, 4) is 0 Å². The molecule has 1 atom stereocenters. The Bertz CT molecular complexity index is 562. The molecule has 0 saturated heterocycles. The molecule has 1 aromatic carbocycles. The van der Waals surface area contributed by atoms with Gasteiger partial charge in [0, 0.05) is 24.8 Å². The van der Waals surface area contributed by atoms with E-state index in [9.17, 15) is 0 Å². The normalized spacial score (nSPS) is 16.2. The Hall–Kier alpha value is -1.88. The van der Waals surface area contributed by atoms with E-state index in [4.69, 9.17) is 5.73 Å². The first kappa shape index (κ1) is 12.2. The summed E-state index contributed by atoms with van der Waals surface area (Å²) in [7, 11) is 0. The first-order valence-electron chi connectivity index (χ1n) is 6.75. The molecule has 0 fully saturated rings. The molecule has 2 heterocycles. The van der Waals surface area contributed by atoms with Crippen molar-refractivity contribution >= 4 is 5.69 Å². The molecule has 0 spiro atoms. The van der Waals surface area contributed by atoms with Crippen LogP contribution < -0.4 is 10.6 Å². The van der Waals surface area contributed by atoms with Crippen molar-refractivity contribution in [1.82, 2.24) is 14.8 Å². The molecule has 0 aliphatic carbocycles. The highest BCUT2D eigenvalue weighted by atomic mass is 15.3. The third kappa shape index (κ3) is 2.21. The van der Waals surface area contributed by atoms with Crippen LogP contribution in [-0.2, 0) is 13.1 Å². The third-order valence-electron chi connectivity index (χ3n) is 3.76. The molecule has 0 bridgehead atoms. The maximum atomic E-state index is 6.22. The number of aromatic nitrogens is 3. The van der Waals surface area contributed by atoms with Crippen LogP contribution in [0.2, 0.25) is 0 Å². The molecule has 1 aromatic heterocycles. The average Bonchev–Trinajstić information content (AvgIpc) is 2.93. The largest absolute Gasteiger partial charge is 0.362 e. The number of hydrogen-bond acceptors (Lipinski definition) is 4. The number of para-hydroxylation sites is 1. The topological polar surface area (TPSA) is 60.0 Å². The predicted molar refractivity (Wildman–Crippen MR) is 74.7 cm³/mol. The molecule has 3 rings (SSSR count). The molecular formula is C14H19N5. The van der Waals surface area contributed by atoms with E-state index in [0.717, 1.165) is 31.9 Å². The van der Waals surface area contributed by atoms with Crippen LogP contribution in [0.15, 0.2) is 30.6 Å². The Kier molecular flexibility index (Phi) is 3.21. The second kappa shape index (κ2) is 5.01. The third-order valence-corrected chi connectivity index (χ3v) is 3.76. The summed E-state index contributed by atoms with van der Waals surface area (Å²) in [4.78, 5) is 2.34. The number of rotatable bonds is 3. The van der Waals surface area contributed by atoms with Gasteiger partial charge in [-0.25, -0.2) is 0 Å². The minimum Gasteiger partial charge on any atom is -0.362 e. The van der Waals surface area contributed by atoms with E-state index < -0.39 is 0 Å². The smallest absolute Gasteiger partial charge is 0.152 e. The molecule has 19 heavy (non-hydrogen) atoms. The van der Waals surface area contributed by atoms with Crippen molar-refractivity contribution in [3.05, 3.63) is 42.0 Å². The number of hydrogen-bond donors (Lipinski definition) is 1. The van der Waals surface area contributed by atoms with Crippen LogP contribution in [0.25, 0.3) is 0 Å². The van der Waals surface area contributed by atoms with Gasteiger partial charge in [0.2, 0.25) is 0 Å². The van der Waals surface area contributed by atoms with Gasteiger partial charge in [0.1, 0.15) is 6.33 Å². The predicted octanol–water partition coefficient (Wildman–Crippen LogP) is 1.71. The molecule has 0 radical (unpaired) electrons. The summed E-state index contributed by atoms with van der Waals surface area (Å²) < 4.78 is 2.11. The number of fused-ring (bicyclic) bond motifs is 1. The fourth-order valence-electron chi connectivity index (χ4n) is 2.58. The Morgan fingerprint density at radius 3 is 3.00 bits per heavy atom. The van der Waals surface area contributed by atoms with Crippen molar-refractivity contribution in [2.45, 2.75) is 32.5 Å². The van der Waals surface area contributed by atoms with Gasteiger partial charge in [-0.1, -0.05) is 25.1 Å². The summed E-state index contributed by atoms with van der Waals surface area (Å²) in [6, 6.07) is 8.50. The molecule has 1 unspecified atom stereocenters. The van der Waals surface area contributed by atoms with E-state index in [0.29, 0.717) is 0 Å². The van der Waals surface area contributed by atoms with Gasteiger partial charge in [0.25, 0.3) is 0 Å². The van der Waals surface area contributed by atoms with Crippen molar-refractivity contribution in [3.63, 3.8) is 0 Å². The zero-order valence-electron chi connectivity index (χ0n) is 11.2. The van der Waals surface area contributed by atoms with E-state index in [1.54, 1.807) is 6.33 Å².